The summed E-state index contributed by atoms with van der Waals surface area (Å²) >= 11 is 5.67. The third kappa shape index (κ3) is 2.32. The molecule has 0 heterocycles. The quantitative estimate of drug-likeness (QED) is 0.787. The number of likely N-dealkylation sites (N-methyl/N-ethyl adjacent to an activating group) is 1. The van der Waals surface area contributed by atoms with Crippen molar-refractivity contribution < 1.29 is 9.50 Å². The fourth-order valence-electron chi connectivity index (χ4n) is 1.07. The van der Waals surface area contributed by atoms with Crippen LogP contribution in [0, 0.1) is 5.82 Å². The molecule has 0 aliphatic rings. The predicted octanol–water partition coefficient (Wildman–Crippen LogP) is 1.95. The van der Waals surface area contributed by atoms with Crippen molar-refractivity contribution >= 4 is 11.6 Å². The smallest absolute Gasteiger partial charge is 0.142 e. The summed E-state index contributed by atoms with van der Waals surface area (Å²) in [5.74, 6) is -0.452. The van der Waals surface area contributed by atoms with Crippen molar-refractivity contribution in [2.45, 2.75) is 6.42 Å². The van der Waals surface area contributed by atoms with Gasteiger partial charge in [0.05, 0.1) is 5.02 Å². The van der Waals surface area contributed by atoms with Crippen molar-refractivity contribution in [3.63, 3.8) is 0 Å². The summed E-state index contributed by atoms with van der Waals surface area (Å²) < 4.78 is 12.9. The first-order chi connectivity index (χ1) is 6.16. The summed E-state index contributed by atoms with van der Waals surface area (Å²) in [4.78, 5) is 0. The van der Waals surface area contributed by atoms with Gasteiger partial charge in [-0.2, -0.15) is 0 Å². The molecule has 4 heteroatoms. The van der Waals surface area contributed by atoms with Crippen molar-refractivity contribution in [2.24, 2.45) is 0 Å². The lowest BCUT2D eigenvalue weighted by molar-refractivity contribution is 0.465. The average molecular weight is 204 g/mol. The Bertz CT molecular complexity index is 304. The van der Waals surface area contributed by atoms with Gasteiger partial charge in [-0.1, -0.05) is 11.6 Å². The molecule has 0 spiro atoms. The van der Waals surface area contributed by atoms with Crippen LogP contribution in [0.25, 0.3) is 0 Å². The highest BCUT2D eigenvalue weighted by atomic mass is 35.5. The summed E-state index contributed by atoms with van der Waals surface area (Å²) in [6.07, 6.45) is 0.513. The van der Waals surface area contributed by atoms with Gasteiger partial charge in [0.25, 0.3) is 0 Å². The van der Waals surface area contributed by atoms with Crippen LogP contribution in [-0.2, 0) is 6.42 Å². The number of aromatic hydroxyl groups is 1. The molecule has 1 aromatic rings. The Hall–Kier alpha value is -0.800. The molecular weight excluding hydrogens is 193 g/mol. The number of rotatable bonds is 3. The van der Waals surface area contributed by atoms with Gasteiger partial charge in [0, 0.05) is 5.56 Å². The number of phenolic OH excluding ortho intramolecular Hbond substituents is 1. The van der Waals surface area contributed by atoms with Crippen LogP contribution in [0.5, 0.6) is 5.75 Å². The number of phenols is 1. The molecule has 0 aliphatic heterocycles. The number of benzene rings is 1. The molecule has 0 saturated heterocycles. The Morgan fingerprint density at radius 2 is 2.23 bits per heavy atom. The summed E-state index contributed by atoms with van der Waals surface area (Å²) in [6.45, 7) is 0.650. The van der Waals surface area contributed by atoms with Crippen LogP contribution in [0.4, 0.5) is 4.39 Å². The maximum Gasteiger partial charge on any atom is 0.142 e. The average Bonchev–Trinajstić information content (AvgIpc) is 2.12. The van der Waals surface area contributed by atoms with E-state index in [4.69, 9.17) is 11.6 Å². The molecule has 72 valence electrons. The van der Waals surface area contributed by atoms with E-state index in [-0.39, 0.29) is 10.8 Å². The minimum Gasteiger partial charge on any atom is -0.508 e. The molecular formula is C9H11ClFNO. The lowest BCUT2D eigenvalue weighted by atomic mass is 10.1. The number of hydrogen-bond acceptors (Lipinski definition) is 2. The van der Waals surface area contributed by atoms with E-state index >= 15 is 0 Å². The van der Waals surface area contributed by atoms with Crippen LogP contribution in [0.2, 0.25) is 5.02 Å². The summed E-state index contributed by atoms with van der Waals surface area (Å²) in [6, 6.07) is 2.47. The first-order valence-electron chi connectivity index (χ1n) is 3.97. The molecule has 0 radical (unpaired) electrons. The van der Waals surface area contributed by atoms with E-state index in [1.165, 1.54) is 6.07 Å². The molecule has 1 rings (SSSR count). The maximum atomic E-state index is 12.9. The van der Waals surface area contributed by atoms with E-state index in [2.05, 4.69) is 5.32 Å². The normalized spacial score (nSPS) is 10.4. The molecule has 0 amide bonds. The monoisotopic (exact) mass is 203 g/mol. The van der Waals surface area contributed by atoms with Crippen LogP contribution in [-0.4, -0.2) is 18.7 Å². The molecule has 0 aliphatic carbocycles. The van der Waals surface area contributed by atoms with E-state index in [1.54, 1.807) is 7.05 Å². The Morgan fingerprint density at radius 3 is 2.85 bits per heavy atom. The van der Waals surface area contributed by atoms with Gasteiger partial charge in [-0.15, -0.1) is 0 Å². The summed E-state index contributed by atoms with van der Waals surface area (Å²) in [7, 11) is 1.78. The zero-order valence-corrected chi connectivity index (χ0v) is 8.03. The zero-order chi connectivity index (χ0) is 9.84. The van der Waals surface area contributed by atoms with E-state index in [1.807, 2.05) is 0 Å². The van der Waals surface area contributed by atoms with Gasteiger partial charge in [-0.05, 0) is 32.1 Å². The number of halogens is 2. The topological polar surface area (TPSA) is 32.3 Å². The molecule has 2 nitrogen and oxygen atoms in total. The van der Waals surface area contributed by atoms with Crippen molar-refractivity contribution in [1.29, 1.82) is 0 Å². The molecule has 0 bridgehead atoms. The van der Waals surface area contributed by atoms with Gasteiger partial charge in [0.15, 0.2) is 0 Å². The lowest BCUT2D eigenvalue weighted by Gasteiger charge is -2.06. The highest BCUT2D eigenvalue weighted by molar-refractivity contribution is 6.31. The predicted molar refractivity (Wildman–Crippen MR) is 50.7 cm³/mol. The minimum atomic E-state index is -0.495. The Balaban J connectivity index is 2.96. The molecule has 13 heavy (non-hydrogen) atoms. The molecule has 0 atom stereocenters. The van der Waals surface area contributed by atoms with Crippen LogP contribution >= 0.6 is 11.6 Å². The number of hydrogen-bond donors (Lipinski definition) is 2. The van der Waals surface area contributed by atoms with Crippen molar-refractivity contribution in [1.82, 2.24) is 5.32 Å². The molecule has 2 N–H and O–H groups in total. The molecule has 1 aromatic carbocycles. The van der Waals surface area contributed by atoms with Crippen LogP contribution < -0.4 is 5.32 Å². The Kier molecular flexibility index (Phi) is 3.51. The van der Waals surface area contributed by atoms with Gasteiger partial charge in [0.1, 0.15) is 11.6 Å². The van der Waals surface area contributed by atoms with E-state index in [0.29, 0.717) is 18.5 Å². The molecule has 0 aromatic heterocycles. The van der Waals surface area contributed by atoms with Crippen molar-refractivity contribution in [2.75, 3.05) is 13.6 Å². The summed E-state index contributed by atoms with van der Waals surface area (Å²) in [5, 5.41) is 12.3. The maximum absolute atomic E-state index is 12.9. The standard InChI is InChI=1S/C9H11ClFNO/c1-12-5-4-6-8(13)3-2-7(11)9(6)10/h2-3,12-13H,4-5H2,1H3. The zero-order valence-electron chi connectivity index (χ0n) is 7.27. The summed E-state index contributed by atoms with van der Waals surface area (Å²) in [5.41, 5.74) is 0.455. The lowest BCUT2D eigenvalue weighted by Crippen LogP contribution is -2.10. The van der Waals surface area contributed by atoms with Crippen LogP contribution in [0.15, 0.2) is 12.1 Å². The van der Waals surface area contributed by atoms with Gasteiger partial charge >= 0.3 is 0 Å². The second-order valence-corrected chi connectivity index (χ2v) is 3.09. The first kappa shape index (κ1) is 10.3. The van der Waals surface area contributed by atoms with E-state index in [0.717, 1.165) is 6.07 Å². The van der Waals surface area contributed by atoms with Crippen LogP contribution in [0.3, 0.4) is 0 Å². The second-order valence-electron chi connectivity index (χ2n) is 2.71. The highest BCUT2D eigenvalue weighted by Crippen LogP contribution is 2.28. The Morgan fingerprint density at radius 1 is 1.54 bits per heavy atom. The van der Waals surface area contributed by atoms with Gasteiger partial charge in [-0.3, -0.25) is 0 Å². The second kappa shape index (κ2) is 4.44. The SMILES string of the molecule is CNCCc1c(O)ccc(F)c1Cl. The molecule has 0 fully saturated rings. The number of nitrogens with one attached hydrogen (secondary N) is 1. The van der Waals surface area contributed by atoms with Gasteiger partial charge in [-0.25, -0.2) is 4.39 Å². The fraction of sp³-hybridized carbons (Fsp3) is 0.333. The highest BCUT2D eigenvalue weighted by Gasteiger charge is 2.10. The van der Waals surface area contributed by atoms with Gasteiger partial charge < -0.3 is 10.4 Å². The van der Waals surface area contributed by atoms with Crippen molar-refractivity contribution in [3.8, 4) is 5.75 Å². The van der Waals surface area contributed by atoms with E-state index < -0.39 is 5.82 Å². The third-order valence-electron chi connectivity index (χ3n) is 1.80. The van der Waals surface area contributed by atoms with E-state index in [9.17, 15) is 9.50 Å². The molecule has 0 saturated carbocycles. The largest absolute Gasteiger partial charge is 0.508 e. The third-order valence-corrected chi connectivity index (χ3v) is 2.21. The van der Waals surface area contributed by atoms with Gasteiger partial charge in [0.2, 0.25) is 0 Å². The fourth-order valence-corrected chi connectivity index (χ4v) is 1.32. The Labute approximate surface area is 81.3 Å². The molecule has 0 unspecified atom stereocenters. The van der Waals surface area contributed by atoms with Crippen LogP contribution in [0.1, 0.15) is 5.56 Å². The minimum absolute atomic E-state index is 0.00949. The first-order valence-corrected chi connectivity index (χ1v) is 4.35. The van der Waals surface area contributed by atoms with Crippen molar-refractivity contribution in [3.05, 3.63) is 28.5 Å².